The van der Waals surface area contributed by atoms with Crippen LogP contribution in [0, 0.1) is 0 Å². The lowest BCUT2D eigenvalue weighted by Crippen LogP contribution is -2.46. The Labute approximate surface area is 201 Å². The van der Waals surface area contributed by atoms with Gasteiger partial charge in [0.2, 0.25) is 0 Å². The van der Waals surface area contributed by atoms with Crippen molar-refractivity contribution in [3.05, 3.63) is 23.8 Å². The molecule has 0 saturated carbocycles. The first-order valence-electron chi connectivity index (χ1n) is 11.2. The van der Waals surface area contributed by atoms with Crippen molar-refractivity contribution in [3.8, 4) is 11.5 Å². The lowest BCUT2D eigenvalue weighted by Gasteiger charge is -2.40. The molecule has 0 amide bonds. The molecule has 1 aliphatic heterocycles. The minimum absolute atomic E-state index is 0.0733. The number of thioether (sulfide) groups is 2. The van der Waals surface area contributed by atoms with Crippen LogP contribution >= 0.6 is 23.5 Å². The Balaban J connectivity index is 2.60. The van der Waals surface area contributed by atoms with Gasteiger partial charge < -0.3 is 8.85 Å². The summed E-state index contributed by atoms with van der Waals surface area (Å²) in [5.41, 5.74) is 1.03. The molecule has 1 aliphatic rings. The molecule has 0 aliphatic carbocycles. The van der Waals surface area contributed by atoms with Gasteiger partial charge in [-0.2, -0.15) is 0 Å². The summed E-state index contributed by atoms with van der Waals surface area (Å²) < 4.78 is 13.0. The van der Waals surface area contributed by atoms with Gasteiger partial charge in [-0.15, -0.1) is 23.5 Å². The van der Waals surface area contributed by atoms with Crippen LogP contribution in [0.3, 0.4) is 0 Å². The zero-order valence-corrected chi connectivity index (χ0v) is 25.0. The maximum absolute atomic E-state index is 12.8. The summed E-state index contributed by atoms with van der Waals surface area (Å²) in [6.45, 7) is 24.3. The molecular formula is C24H42O3S2Si2. The van der Waals surface area contributed by atoms with E-state index in [0.29, 0.717) is 0 Å². The van der Waals surface area contributed by atoms with Gasteiger partial charge in [-0.25, -0.2) is 0 Å². The summed E-state index contributed by atoms with van der Waals surface area (Å²) in [6, 6.07) is 6.25. The van der Waals surface area contributed by atoms with E-state index in [1.54, 1.807) is 30.4 Å². The van der Waals surface area contributed by atoms with Crippen LogP contribution in [0.15, 0.2) is 18.2 Å². The Morgan fingerprint density at radius 1 is 0.871 bits per heavy atom. The molecule has 176 valence electrons. The van der Waals surface area contributed by atoms with Gasteiger partial charge >= 0.3 is 0 Å². The highest BCUT2D eigenvalue weighted by atomic mass is 32.2. The molecule has 0 atom stereocenters. The first kappa shape index (κ1) is 26.9. The minimum Gasteiger partial charge on any atom is -0.541 e. The summed E-state index contributed by atoms with van der Waals surface area (Å²) in [4.78, 5) is 12.8. The number of hydrogen-bond acceptors (Lipinski definition) is 5. The highest BCUT2D eigenvalue weighted by molar-refractivity contribution is 8.19. The Hall–Kier alpha value is -0.376. The van der Waals surface area contributed by atoms with Gasteiger partial charge in [0.15, 0.2) is 5.78 Å². The molecule has 0 radical (unpaired) electrons. The van der Waals surface area contributed by atoms with Crippen molar-refractivity contribution >= 4 is 45.9 Å². The molecule has 0 unspecified atom stereocenters. The summed E-state index contributed by atoms with van der Waals surface area (Å²) in [5, 5.41) is 0.166. The zero-order valence-electron chi connectivity index (χ0n) is 21.4. The maximum Gasteiger partial charge on any atom is 0.250 e. The molecular weight excluding hydrogens is 457 g/mol. The fourth-order valence-corrected chi connectivity index (χ4v) is 8.04. The van der Waals surface area contributed by atoms with E-state index in [4.69, 9.17) is 8.85 Å². The van der Waals surface area contributed by atoms with Crippen LogP contribution in [0.5, 0.6) is 11.5 Å². The molecule has 1 aromatic carbocycles. The molecule has 2 rings (SSSR count). The lowest BCUT2D eigenvalue weighted by atomic mass is 10.1. The van der Waals surface area contributed by atoms with E-state index in [9.17, 15) is 4.79 Å². The quantitative estimate of drug-likeness (QED) is 0.370. The molecule has 31 heavy (non-hydrogen) atoms. The van der Waals surface area contributed by atoms with Crippen LogP contribution in [0.2, 0.25) is 36.3 Å². The molecule has 3 nitrogen and oxygen atoms in total. The van der Waals surface area contributed by atoms with E-state index >= 15 is 0 Å². The van der Waals surface area contributed by atoms with Crippen molar-refractivity contribution in [1.82, 2.24) is 0 Å². The van der Waals surface area contributed by atoms with Crippen LogP contribution in [-0.4, -0.2) is 33.9 Å². The Kier molecular flexibility index (Phi) is 7.89. The fourth-order valence-electron chi connectivity index (χ4n) is 2.84. The molecule has 0 bridgehead atoms. The molecule has 1 saturated heterocycles. The van der Waals surface area contributed by atoms with Crippen molar-refractivity contribution in [2.24, 2.45) is 0 Å². The molecule has 0 aromatic heterocycles. The van der Waals surface area contributed by atoms with Crippen molar-refractivity contribution in [1.29, 1.82) is 0 Å². The van der Waals surface area contributed by atoms with Crippen LogP contribution in [0.1, 0.15) is 60.5 Å². The van der Waals surface area contributed by atoms with Gasteiger partial charge in [0.25, 0.3) is 16.6 Å². The SMILES string of the molecule is CC(=O)C1(c2ccc(O[Si](C)(C)C(C)(C)C)c(O[Si](C)(C)C(C)(C)C)c2)SCCCS1. The largest absolute Gasteiger partial charge is 0.541 e. The Morgan fingerprint density at radius 3 is 1.74 bits per heavy atom. The normalized spacial score (nSPS) is 17.9. The van der Waals surface area contributed by atoms with Gasteiger partial charge in [-0.1, -0.05) is 47.6 Å². The van der Waals surface area contributed by atoms with E-state index in [1.165, 1.54) is 0 Å². The van der Waals surface area contributed by atoms with Crippen LogP contribution < -0.4 is 8.85 Å². The average molecular weight is 499 g/mol. The second-order valence-corrected chi connectivity index (χ2v) is 23.9. The molecule has 0 spiro atoms. The van der Waals surface area contributed by atoms with Gasteiger partial charge in [0, 0.05) is 0 Å². The highest BCUT2D eigenvalue weighted by Crippen LogP contribution is 2.53. The van der Waals surface area contributed by atoms with Crippen molar-refractivity contribution in [2.45, 2.75) is 95.2 Å². The third-order valence-electron chi connectivity index (χ3n) is 7.03. The summed E-state index contributed by atoms with van der Waals surface area (Å²) in [6.07, 6.45) is 1.14. The van der Waals surface area contributed by atoms with E-state index < -0.39 is 20.7 Å². The Morgan fingerprint density at radius 2 is 1.32 bits per heavy atom. The van der Waals surface area contributed by atoms with Crippen LogP contribution in [-0.2, 0) is 8.87 Å². The van der Waals surface area contributed by atoms with Crippen LogP contribution in [0.4, 0.5) is 0 Å². The number of benzene rings is 1. The molecule has 1 heterocycles. The standard InChI is InChI=1S/C24H42O3S2Si2/c1-18(25)24(28-15-12-16-29-24)19-13-14-20(26-30(8,9)22(2,3)4)21(17-19)27-31(10,11)23(5,6)7/h13-14,17H,12,15-16H2,1-11H3. The van der Waals surface area contributed by atoms with Gasteiger partial charge in [-0.05, 0) is 78.8 Å². The number of carbonyl (C=O) groups excluding carboxylic acids is 1. The number of Topliss-reactive ketones (excluding diaryl/α,β-unsaturated/α-hetero) is 1. The fraction of sp³-hybridized carbons (Fsp3) is 0.708. The van der Waals surface area contributed by atoms with E-state index in [1.807, 2.05) is 0 Å². The number of hydrogen-bond donors (Lipinski definition) is 0. The second-order valence-electron chi connectivity index (χ2n) is 11.6. The number of carbonyl (C=O) groups is 1. The lowest BCUT2D eigenvalue weighted by molar-refractivity contribution is -0.117. The van der Waals surface area contributed by atoms with Crippen molar-refractivity contribution in [2.75, 3.05) is 11.5 Å². The maximum atomic E-state index is 12.8. The number of ketones is 1. The Bertz CT molecular complexity index is 802. The number of rotatable bonds is 6. The van der Waals surface area contributed by atoms with E-state index in [-0.39, 0.29) is 15.9 Å². The summed E-state index contributed by atoms with van der Waals surface area (Å²) >= 11 is 3.53. The molecule has 1 fully saturated rings. The van der Waals surface area contributed by atoms with Gasteiger partial charge in [0.05, 0.1) is 0 Å². The monoisotopic (exact) mass is 498 g/mol. The zero-order chi connectivity index (χ0) is 23.9. The predicted molar refractivity (Wildman–Crippen MR) is 144 cm³/mol. The third-order valence-corrected chi connectivity index (χ3v) is 19.3. The topological polar surface area (TPSA) is 35.5 Å². The average Bonchev–Trinajstić information content (AvgIpc) is 2.61. The van der Waals surface area contributed by atoms with Crippen LogP contribution in [0.25, 0.3) is 0 Å². The first-order chi connectivity index (χ1) is 13.9. The van der Waals surface area contributed by atoms with Crippen molar-refractivity contribution < 1.29 is 13.6 Å². The summed E-state index contributed by atoms with van der Waals surface area (Å²) in [5.74, 6) is 3.85. The van der Waals surface area contributed by atoms with Gasteiger partial charge in [0.1, 0.15) is 15.6 Å². The van der Waals surface area contributed by atoms with E-state index in [0.717, 1.165) is 35.0 Å². The minimum atomic E-state index is -2.09. The summed E-state index contributed by atoms with van der Waals surface area (Å²) in [7, 11) is -4.12. The smallest absolute Gasteiger partial charge is 0.250 e. The van der Waals surface area contributed by atoms with E-state index in [2.05, 4.69) is 85.9 Å². The second kappa shape index (κ2) is 9.11. The van der Waals surface area contributed by atoms with Gasteiger partial charge in [-0.3, -0.25) is 4.79 Å². The van der Waals surface area contributed by atoms with Crippen molar-refractivity contribution in [3.63, 3.8) is 0 Å². The molecule has 7 heteroatoms. The first-order valence-corrected chi connectivity index (χ1v) is 19.0. The predicted octanol–water partition coefficient (Wildman–Crippen LogP) is 8.07. The molecule has 0 N–H and O–H groups in total. The molecule has 1 aromatic rings. The third kappa shape index (κ3) is 5.76. The highest BCUT2D eigenvalue weighted by Gasteiger charge is 2.44.